The molecule has 0 fully saturated rings. The summed E-state index contributed by atoms with van der Waals surface area (Å²) in [4.78, 5) is 11.6. The summed E-state index contributed by atoms with van der Waals surface area (Å²) in [5, 5.41) is 0. The molecule has 0 N–H and O–H groups in total. The van der Waals surface area contributed by atoms with Gasteiger partial charge < -0.3 is 9.47 Å². The summed E-state index contributed by atoms with van der Waals surface area (Å²) in [5.74, 6) is 0.569. The van der Waals surface area contributed by atoms with Gasteiger partial charge >= 0.3 is 5.97 Å². The summed E-state index contributed by atoms with van der Waals surface area (Å²) in [5.41, 5.74) is 5.16. The number of fused-ring (bicyclic) bond motifs is 1. The molecule has 0 spiro atoms. The van der Waals surface area contributed by atoms with E-state index in [1.807, 2.05) is 25.1 Å². The Morgan fingerprint density at radius 3 is 2.44 bits per heavy atom. The number of rotatable bonds is 5. The molecule has 0 unspecified atom stereocenters. The first-order valence-electron chi connectivity index (χ1n) is 9.13. The molecular formula is C23H26NO3+. The van der Waals surface area contributed by atoms with Gasteiger partial charge in [-0.15, -0.1) is 0 Å². The summed E-state index contributed by atoms with van der Waals surface area (Å²) in [6.07, 6.45) is 4.22. The van der Waals surface area contributed by atoms with Gasteiger partial charge in [0.1, 0.15) is 12.8 Å². The van der Waals surface area contributed by atoms with Crippen molar-refractivity contribution in [3.8, 4) is 5.75 Å². The summed E-state index contributed by atoms with van der Waals surface area (Å²) in [6.45, 7) is 7.11. The van der Waals surface area contributed by atoms with Crippen LogP contribution in [0.15, 0.2) is 48.5 Å². The van der Waals surface area contributed by atoms with E-state index < -0.39 is 0 Å². The Balaban J connectivity index is 1.91. The van der Waals surface area contributed by atoms with E-state index in [1.54, 1.807) is 12.1 Å². The average molecular weight is 364 g/mol. The molecule has 0 amide bonds. The van der Waals surface area contributed by atoms with Gasteiger partial charge in [-0.05, 0) is 56.7 Å². The second-order valence-electron chi connectivity index (χ2n) is 7.13. The van der Waals surface area contributed by atoms with Crippen LogP contribution in [0.1, 0.15) is 42.3 Å². The summed E-state index contributed by atoms with van der Waals surface area (Å²) in [6, 6.07) is 13.7. The maximum absolute atomic E-state index is 11.6. The van der Waals surface area contributed by atoms with Crippen molar-refractivity contribution in [3.63, 3.8) is 0 Å². The maximum atomic E-state index is 11.6. The van der Waals surface area contributed by atoms with Gasteiger partial charge in [0, 0.05) is 11.6 Å². The van der Waals surface area contributed by atoms with E-state index in [4.69, 9.17) is 9.47 Å². The number of carbonyl (C=O) groups excluding carboxylic acids is 1. The van der Waals surface area contributed by atoms with Gasteiger partial charge in [-0.2, -0.15) is 4.58 Å². The molecule has 1 heterocycles. The number of nitrogens with zero attached hydrogens (tertiary/aromatic N) is 1. The zero-order chi connectivity index (χ0) is 19.6. The zero-order valence-electron chi connectivity index (χ0n) is 16.6. The van der Waals surface area contributed by atoms with Crippen molar-refractivity contribution in [3.05, 3.63) is 65.2 Å². The molecule has 0 radical (unpaired) electrons. The second-order valence-corrected chi connectivity index (χ2v) is 7.13. The lowest BCUT2D eigenvalue weighted by molar-refractivity contribution is -0.401. The molecule has 27 heavy (non-hydrogen) atoms. The molecule has 3 rings (SSSR count). The summed E-state index contributed by atoms with van der Waals surface area (Å²) < 4.78 is 12.6. The lowest BCUT2D eigenvalue weighted by atomic mass is 9.81. The van der Waals surface area contributed by atoms with Crippen molar-refractivity contribution in [1.82, 2.24) is 0 Å². The quantitative estimate of drug-likeness (QED) is 0.575. The fourth-order valence-corrected chi connectivity index (χ4v) is 3.60. The van der Waals surface area contributed by atoms with Gasteiger partial charge in [0.15, 0.2) is 5.71 Å². The van der Waals surface area contributed by atoms with E-state index in [0.29, 0.717) is 12.2 Å². The molecule has 1 aliphatic rings. The number of ether oxygens (including phenoxy) is 2. The molecule has 2 aromatic rings. The highest BCUT2D eigenvalue weighted by molar-refractivity contribution is 6.05. The fourth-order valence-electron chi connectivity index (χ4n) is 3.60. The molecule has 1 aliphatic heterocycles. The minimum atomic E-state index is -0.322. The molecular weight excluding hydrogens is 338 g/mol. The van der Waals surface area contributed by atoms with Crippen LogP contribution in [-0.4, -0.2) is 37.0 Å². The van der Waals surface area contributed by atoms with Crippen molar-refractivity contribution in [1.29, 1.82) is 0 Å². The van der Waals surface area contributed by atoms with Crippen molar-refractivity contribution < 1.29 is 18.8 Å². The van der Waals surface area contributed by atoms with E-state index in [9.17, 15) is 4.79 Å². The van der Waals surface area contributed by atoms with Crippen molar-refractivity contribution in [2.45, 2.75) is 26.2 Å². The van der Waals surface area contributed by atoms with E-state index in [2.05, 4.69) is 49.8 Å². The average Bonchev–Trinajstić information content (AvgIpc) is 2.86. The number of methoxy groups -OCH3 is 1. The van der Waals surface area contributed by atoms with Gasteiger partial charge in [0.05, 0.1) is 30.8 Å². The van der Waals surface area contributed by atoms with Gasteiger partial charge in [-0.25, -0.2) is 4.79 Å². The van der Waals surface area contributed by atoms with Crippen LogP contribution in [-0.2, 0) is 10.2 Å². The molecule has 4 heteroatoms. The molecule has 0 bridgehead atoms. The van der Waals surface area contributed by atoms with Gasteiger partial charge in [-0.1, -0.05) is 12.1 Å². The third-order valence-electron chi connectivity index (χ3n) is 5.08. The van der Waals surface area contributed by atoms with Crippen LogP contribution in [0.3, 0.4) is 0 Å². The molecule has 140 valence electrons. The van der Waals surface area contributed by atoms with E-state index >= 15 is 0 Å². The predicted octanol–water partition coefficient (Wildman–Crippen LogP) is 4.59. The first-order chi connectivity index (χ1) is 12.9. The minimum absolute atomic E-state index is 0.0999. The minimum Gasteiger partial charge on any atom is -0.494 e. The number of benzene rings is 2. The van der Waals surface area contributed by atoms with Crippen LogP contribution in [0, 0.1) is 0 Å². The van der Waals surface area contributed by atoms with E-state index in [-0.39, 0.29) is 11.4 Å². The SMILES string of the molecule is CCOc1ccc2c(c1)[N+](C)=C(C=Cc1ccc(C(=O)OC)cc1)C2(C)C. The second kappa shape index (κ2) is 7.39. The molecule has 0 aromatic heterocycles. The van der Waals surface area contributed by atoms with Crippen LogP contribution < -0.4 is 4.74 Å². The van der Waals surface area contributed by atoms with E-state index in [0.717, 1.165) is 11.3 Å². The monoisotopic (exact) mass is 364 g/mol. The van der Waals surface area contributed by atoms with Crippen LogP contribution >= 0.6 is 0 Å². The largest absolute Gasteiger partial charge is 0.494 e. The van der Waals surface area contributed by atoms with Crippen LogP contribution in [0.2, 0.25) is 0 Å². The van der Waals surface area contributed by atoms with Gasteiger partial charge in [0.25, 0.3) is 0 Å². The topological polar surface area (TPSA) is 38.5 Å². The zero-order valence-corrected chi connectivity index (χ0v) is 16.6. The molecule has 0 saturated heterocycles. The first kappa shape index (κ1) is 18.9. The van der Waals surface area contributed by atoms with Crippen molar-refractivity contribution >= 4 is 23.4 Å². The highest BCUT2D eigenvalue weighted by Crippen LogP contribution is 2.41. The number of esters is 1. The lowest BCUT2D eigenvalue weighted by Gasteiger charge is -2.15. The molecule has 0 saturated carbocycles. The molecule has 0 aliphatic carbocycles. The number of carbonyl (C=O) groups is 1. The number of allylic oxidation sites excluding steroid dienone is 1. The summed E-state index contributed by atoms with van der Waals surface area (Å²) >= 11 is 0. The molecule has 2 aromatic carbocycles. The molecule has 0 atom stereocenters. The Morgan fingerprint density at radius 1 is 1.11 bits per heavy atom. The van der Waals surface area contributed by atoms with Gasteiger partial charge in [-0.3, -0.25) is 0 Å². The van der Waals surface area contributed by atoms with Crippen LogP contribution in [0.25, 0.3) is 6.08 Å². The van der Waals surface area contributed by atoms with Crippen molar-refractivity contribution in [2.75, 3.05) is 20.8 Å². The van der Waals surface area contributed by atoms with E-state index in [1.165, 1.54) is 24.1 Å². The fraction of sp³-hybridized carbons (Fsp3) is 0.304. The van der Waals surface area contributed by atoms with Crippen LogP contribution in [0.5, 0.6) is 5.75 Å². The number of hydrogen-bond acceptors (Lipinski definition) is 3. The van der Waals surface area contributed by atoms with Gasteiger partial charge in [0.2, 0.25) is 5.69 Å². The lowest BCUT2D eigenvalue weighted by Crippen LogP contribution is -2.26. The van der Waals surface area contributed by atoms with Crippen LogP contribution in [0.4, 0.5) is 5.69 Å². The Kier molecular flexibility index (Phi) is 5.17. The normalized spacial score (nSPS) is 15.1. The Hall–Kier alpha value is -2.88. The highest BCUT2D eigenvalue weighted by Gasteiger charge is 2.43. The third-order valence-corrected chi connectivity index (χ3v) is 5.08. The first-order valence-corrected chi connectivity index (χ1v) is 9.13. The number of hydrogen-bond donors (Lipinski definition) is 0. The third kappa shape index (κ3) is 3.52. The Morgan fingerprint density at radius 2 is 1.81 bits per heavy atom. The summed E-state index contributed by atoms with van der Waals surface area (Å²) in [7, 11) is 3.47. The Labute approximate surface area is 160 Å². The van der Waals surface area contributed by atoms with Crippen molar-refractivity contribution in [2.24, 2.45) is 0 Å². The Bertz CT molecular complexity index is 921. The predicted molar refractivity (Wildman–Crippen MR) is 108 cm³/mol. The smallest absolute Gasteiger partial charge is 0.337 e. The molecule has 4 nitrogen and oxygen atoms in total. The highest BCUT2D eigenvalue weighted by atomic mass is 16.5. The maximum Gasteiger partial charge on any atom is 0.337 e. The standard InChI is InChI=1S/C23H26NO3/c1-6-27-18-12-13-19-20(15-18)24(4)21(23(19,2)3)14-9-16-7-10-17(11-8-16)22(25)26-5/h7-15H,6H2,1-5H3/q+1.